The summed E-state index contributed by atoms with van der Waals surface area (Å²) in [7, 11) is -0.597. The van der Waals surface area contributed by atoms with Gasteiger partial charge in [-0.05, 0) is 80.0 Å². The van der Waals surface area contributed by atoms with Gasteiger partial charge in [0, 0.05) is 0 Å². The molecule has 0 bridgehead atoms. The summed E-state index contributed by atoms with van der Waals surface area (Å²) in [4.78, 5) is 0. The van der Waals surface area contributed by atoms with Crippen molar-refractivity contribution in [2.75, 3.05) is 0 Å². The Morgan fingerprint density at radius 2 is 0.955 bits per heavy atom. The predicted molar refractivity (Wildman–Crippen MR) is 90.1 cm³/mol. The van der Waals surface area contributed by atoms with E-state index in [0.29, 0.717) is 0 Å². The molecule has 3 nitrogen and oxygen atoms in total. The maximum absolute atomic E-state index is 5.32. The van der Waals surface area contributed by atoms with Crippen molar-refractivity contribution < 1.29 is 13.3 Å². The van der Waals surface area contributed by atoms with E-state index in [0.717, 1.165) is 17.3 Å². The van der Waals surface area contributed by atoms with Crippen LogP contribution in [0, 0.1) is 0 Å². The van der Waals surface area contributed by atoms with Gasteiger partial charge >= 0.3 is 0 Å². The molecule has 3 aromatic rings. The Balaban J connectivity index is 1.75. The van der Waals surface area contributed by atoms with Gasteiger partial charge in [0.2, 0.25) is 0 Å². The molecule has 0 unspecified atom stereocenters. The molecular formula is C18H15O3P. The third-order valence-electron chi connectivity index (χ3n) is 2.86. The monoisotopic (exact) mass is 310 g/mol. The summed E-state index contributed by atoms with van der Waals surface area (Å²) in [5, 5.41) is 0. The zero-order chi connectivity index (χ0) is 15.0. The SMILES string of the molecule is C(=C/P(/C=C\c1ccco1)/C=C\c1ccco1)/c1ccco1. The summed E-state index contributed by atoms with van der Waals surface area (Å²) in [5.74, 6) is 8.87. The zero-order valence-corrected chi connectivity index (χ0v) is 12.7. The van der Waals surface area contributed by atoms with E-state index >= 15 is 0 Å². The highest BCUT2D eigenvalue weighted by Crippen LogP contribution is 2.42. The van der Waals surface area contributed by atoms with Crippen LogP contribution in [0.15, 0.2) is 85.9 Å². The zero-order valence-electron chi connectivity index (χ0n) is 11.8. The normalized spacial score (nSPS) is 12.4. The van der Waals surface area contributed by atoms with Crippen molar-refractivity contribution in [1.82, 2.24) is 0 Å². The molecule has 3 aromatic heterocycles. The van der Waals surface area contributed by atoms with Gasteiger partial charge in [-0.1, -0.05) is 0 Å². The van der Waals surface area contributed by atoms with Crippen LogP contribution in [0.2, 0.25) is 0 Å². The van der Waals surface area contributed by atoms with E-state index < -0.39 is 7.92 Å². The summed E-state index contributed by atoms with van der Waals surface area (Å²) in [6.45, 7) is 0. The molecule has 0 N–H and O–H groups in total. The highest BCUT2D eigenvalue weighted by molar-refractivity contribution is 7.67. The molecule has 0 saturated heterocycles. The molecule has 22 heavy (non-hydrogen) atoms. The molecule has 0 amide bonds. The molecule has 0 fully saturated rings. The van der Waals surface area contributed by atoms with Crippen LogP contribution in [0.5, 0.6) is 0 Å². The van der Waals surface area contributed by atoms with Crippen molar-refractivity contribution in [3.8, 4) is 0 Å². The highest BCUT2D eigenvalue weighted by Gasteiger charge is 1.98. The number of hydrogen-bond donors (Lipinski definition) is 0. The Morgan fingerprint density at radius 1 is 0.591 bits per heavy atom. The van der Waals surface area contributed by atoms with E-state index in [1.54, 1.807) is 18.8 Å². The minimum atomic E-state index is -0.597. The molecule has 0 radical (unpaired) electrons. The molecular weight excluding hydrogens is 295 g/mol. The lowest BCUT2D eigenvalue weighted by Crippen LogP contribution is -1.65. The van der Waals surface area contributed by atoms with Gasteiger partial charge in [-0.2, -0.15) is 0 Å². The fourth-order valence-corrected chi connectivity index (χ4v) is 3.04. The smallest absolute Gasteiger partial charge is 0.126 e. The van der Waals surface area contributed by atoms with Crippen molar-refractivity contribution in [1.29, 1.82) is 0 Å². The lowest BCUT2D eigenvalue weighted by Gasteiger charge is -2.00. The maximum Gasteiger partial charge on any atom is 0.126 e. The van der Waals surface area contributed by atoms with Gasteiger partial charge < -0.3 is 13.3 Å². The van der Waals surface area contributed by atoms with Crippen molar-refractivity contribution in [2.24, 2.45) is 0 Å². The largest absolute Gasteiger partial charge is 0.465 e. The Bertz CT molecular complexity index is 627. The molecule has 3 heterocycles. The lowest BCUT2D eigenvalue weighted by atomic mass is 10.4. The quantitative estimate of drug-likeness (QED) is 0.504. The summed E-state index contributed by atoms with van der Waals surface area (Å²) in [5.41, 5.74) is 0. The third-order valence-corrected chi connectivity index (χ3v) is 4.34. The molecule has 0 aliphatic rings. The maximum atomic E-state index is 5.32. The van der Waals surface area contributed by atoms with Gasteiger partial charge in [0.05, 0.1) is 18.8 Å². The molecule has 0 saturated carbocycles. The van der Waals surface area contributed by atoms with Crippen molar-refractivity contribution in [3.05, 3.63) is 89.9 Å². The van der Waals surface area contributed by atoms with E-state index in [-0.39, 0.29) is 0 Å². The minimum Gasteiger partial charge on any atom is -0.465 e. The van der Waals surface area contributed by atoms with Crippen LogP contribution in [-0.4, -0.2) is 0 Å². The topological polar surface area (TPSA) is 39.4 Å². The van der Waals surface area contributed by atoms with Crippen molar-refractivity contribution in [2.45, 2.75) is 0 Å². The van der Waals surface area contributed by atoms with E-state index in [1.807, 2.05) is 54.6 Å². The van der Waals surface area contributed by atoms with Gasteiger partial charge in [-0.25, -0.2) is 0 Å². The first-order valence-corrected chi connectivity index (χ1v) is 8.38. The molecule has 0 aliphatic heterocycles. The fraction of sp³-hybridized carbons (Fsp3) is 0. The third kappa shape index (κ3) is 4.24. The Morgan fingerprint density at radius 3 is 1.23 bits per heavy atom. The molecule has 4 heteroatoms. The Hall–Kier alpha value is -2.51. The minimum absolute atomic E-state index is 0.597. The first kappa shape index (κ1) is 14.4. The van der Waals surface area contributed by atoms with Crippen LogP contribution in [0.4, 0.5) is 0 Å². The summed E-state index contributed by atoms with van der Waals surface area (Å²) < 4.78 is 16.0. The van der Waals surface area contributed by atoms with Gasteiger partial charge in [-0.3, -0.25) is 0 Å². The molecule has 0 atom stereocenters. The molecule has 110 valence electrons. The summed E-state index contributed by atoms with van der Waals surface area (Å²) in [6, 6.07) is 11.4. The second-order valence-electron chi connectivity index (χ2n) is 4.44. The second kappa shape index (κ2) is 7.48. The van der Waals surface area contributed by atoms with E-state index in [1.165, 1.54) is 0 Å². The molecule has 0 spiro atoms. The summed E-state index contributed by atoms with van der Waals surface area (Å²) in [6.07, 6.45) is 10.9. The van der Waals surface area contributed by atoms with E-state index in [2.05, 4.69) is 17.5 Å². The van der Waals surface area contributed by atoms with Crippen LogP contribution in [0.1, 0.15) is 17.3 Å². The fourth-order valence-electron chi connectivity index (χ4n) is 1.79. The average Bonchev–Trinajstić information content (AvgIpc) is 3.29. The number of rotatable bonds is 6. The highest BCUT2D eigenvalue weighted by atomic mass is 31.1. The number of hydrogen-bond acceptors (Lipinski definition) is 3. The molecule has 3 rings (SSSR count). The van der Waals surface area contributed by atoms with Crippen molar-refractivity contribution in [3.63, 3.8) is 0 Å². The summed E-state index contributed by atoms with van der Waals surface area (Å²) >= 11 is 0. The standard InChI is InChI=1S/C18H15O3P/c1-4-16(19-10-1)7-13-22(14-8-17-5-2-11-20-17)15-9-18-6-3-12-21-18/h1-15H/b13-7-,14-8-,15-9-. The lowest BCUT2D eigenvalue weighted by molar-refractivity contribution is 0.557. The van der Waals surface area contributed by atoms with Crippen molar-refractivity contribution >= 4 is 26.1 Å². The Kier molecular flexibility index (Phi) is 4.91. The average molecular weight is 310 g/mol. The van der Waals surface area contributed by atoms with Gasteiger partial charge in [0.25, 0.3) is 0 Å². The van der Waals surface area contributed by atoms with Gasteiger partial charge in [0.15, 0.2) is 0 Å². The van der Waals surface area contributed by atoms with Crippen LogP contribution < -0.4 is 0 Å². The van der Waals surface area contributed by atoms with Crippen LogP contribution in [0.25, 0.3) is 18.2 Å². The van der Waals surface area contributed by atoms with Gasteiger partial charge in [0.1, 0.15) is 17.3 Å². The molecule has 0 aliphatic carbocycles. The van der Waals surface area contributed by atoms with Crippen LogP contribution in [0.3, 0.4) is 0 Å². The Labute approximate surface area is 130 Å². The van der Waals surface area contributed by atoms with E-state index in [4.69, 9.17) is 13.3 Å². The van der Waals surface area contributed by atoms with Crippen LogP contribution >= 0.6 is 7.92 Å². The number of furan rings is 3. The van der Waals surface area contributed by atoms with E-state index in [9.17, 15) is 0 Å². The first-order valence-electron chi connectivity index (χ1n) is 6.83. The van der Waals surface area contributed by atoms with Gasteiger partial charge in [-0.15, -0.1) is 0 Å². The second-order valence-corrected chi connectivity index (χ2v) is 6.23. The molecule has 0 aromatic carbocycles. The predicted octanol–water partition coefficient (Wildman–Crippen LogP) is 6.26. The first-order chi connectivity index (χ1) is 10.9. The van der Waals surface area contributed by atoms with Crippen LogP contribution in [-0.2, 0) is 0 Å².